The number of allylic oxidation sites excluding steroid dienone is 1. The first kappa shape index (κ1) is 52.6. The maximum Gasteiger partial charge on any atom is 0.343 e. The van der Waals surface area contributed by atoms with E-state index in [1.165, 1.54) is 16.2 Å². The average molecular weight is 962 g/mol. The third kappa shape index (κ3) is 17.4. The van der Waals surface area contributed by atoms with Gasteiger partial charge in [-0.1, -0.05) is 50.1 Å². The van der Waals surface area contributed by atoms with Gasteiger partial charge in [-0.2, -0.15) is 5.10 Å². The van der Waals surface area contributed by atoms with Crippen molar-refractivity contribution in [1.29, 1.82) is 0 Å². The summed E-state index contributed by atoms with van der Waals surface area (Å²) in [7, 11) is 0. The lowest BCUT2D eigenvalue weighted by molar-refractivity contribution is -0.154. The lowest BCUT2D eigenvalue weighted by Gasteiger charge is -2.34. The third-order valence-electron chi connectivity index (χ3n) is 10.3. The van der Waals surface area contributed by atoms with Crippen LogP contribution in [0.1, 0.15) is 103 Å². The SMILES string of the molecule is C=CC(=O)OCC(CCCCOc1ccc(C(=O)Oc2ccc(CCOC(=O)c3ccc(OC(C)(C)CC(C)(C)OC(=O)C=C)cc3)cc2/C=N/Nc2nc3c(s2)CC(C)C=C3)cc1)OC(=O)C=C. The quantitative estimate of drug-likeness (QED) is 0.0119. The van der Waals surface area contributed by atoms with Crippen molar-refractivity contribution < 1.29 is 57.1 Å². The molecule has 69 heavy (non-hydrogen) atoms. The molecule has 15 nitrogen and oxygen atoms in total. The number of hydrogen-bond acceptors (Lipinski definition) is 16. The van der Waals surface area contributed by atoms with Crippen LogP contribution in [0.5, 0.6) is 17.2 Å². The predicted molar refractivity (Wildman–Crippen MR) is 264 cm³/mol. The van der Waals surface area contributed by atoms with Crippen molar-refractivity contribution in [2.24, 2.45) is 11.0 Å². The number of hydrazone groups is 1. The maximum absolute atomic E-state index is 13.4. The topological polar surface area (TPSA) is 187 Å². The Kier molecular flexibility index (Phi) is 19.2. The highest BCUT2D eigenvalue weighted by molar-refractivity contribution is 7.15. The number of rotatable bonds is 26. The molecule has 4 aromatic rings. The molecule has 1 N–H and O–H groups in total. The normalized spacial score (nSPS) is 13.6. The van der Waals surface area contributed by atoms with Gasteiger partial charge in [0, 0.05) is 41.5 Å². The van der Waals surface area contributed by atoms with Crippen molar-refractivity contribution in [2.75, 3.05) is 25.2 Å². The summed E-state index contributed by atoms with van der Waals surface area (Å²) in [4.78, 5) is 67.3. The fourth-order valence-electron chi connectivity index (χ4n) is 7.28. The summed E-state index contributed by atoms with van der Waals surface area (Å²) in [5, 5.41) is 5.06. The number of ether oxygens (including phenoxy) is 7. The summed E-state index contributed by atoms with van der Waals surface area (Å²) in [6, 6.07) is 18.4. The van der Waals surface area contributed by atoms with E-state index in [9.17, 15) is 24.0 Å². The number of anilines is 1. The molecule has 1 heterocycles. The van der Waals surface area contributed by atoms with Crippen molar-refractivity contribution >= 4 is 58.6 Å². The maximum atomic E-state index is 13.4. The van der Waals surface area contributed by atoms with Gasteiger partial charge in [0.25, 0.3) is 0 Å². The summed E-state index contributed by atoms with van der Waals surface area (Å²) in [5.41, 5.74) is 4.35. The molecule has 0 spiro atoms. The number of esters is 5. The Morgan fingerprint density at radius 2 is 1.51 bits per heavy atom. The lowest BCUT2D eigenvalue weighted by Crippen LogP contribution is -2.40. The van der Waals surface area contributed by atoms with Gasteiger partial charge in [-0.05, 0) is 132 Å². The van der Waals surface area contributed by atoms with E-state index in [1.807, 2.05) is 26.0 Å². The van der Waals surface area contributed by atoms with E-state index in [2.05, 4.69) is 48.2 Å². The number of nitrogens with zero attached hydrogens (tertiary/aromatic N) is 2. The molecule has 2 unspecified atom stereocenters. The number of aromatic nitrogens is 1. The Labute approximate surface area is 406 Å². The van der Waals surface area contributed by atoms with E-state index in [4.69, 9.17) is 33.2 Å². The fourth-order valence-corrected chi connectivity index (χ4v) is 8.32. The molecule has 0 saturated carbocycles. The smallest absolute Gasteiger partial charge is 0.343 e. The van der Waals surface area contributed by atoms with Gasteiger partial charge in [0.05, 0.1) is 36.2 Å². The van der Waals surface area contributed by atoms with Crippen LogP contribution < -0.4 is 19.6 Å². The van der Waals surface area contributed by atoms with Crippen molar-refractivity contribution in [3.63, 3.8) is 0 Å². The number of unbranched alkanes of at least 4 members (excludes halogenated alkanes) is 1. The zero-order valence-corrected chi connectivity index (χ0v) is 40.5. The van der Waals surface area contributed by atoms with Gasteiger partial charge in [0.15, 0.2) is 0 Å². The molecule has 0 radical (unpaired) electrons. The molecule has 0 bridgehead atoms. The minimum atomic E-state index is -0.798. The van der Waals surface area contributed by atoms with Gasteiger partial charge in [-0.25, -0.2) is 29.0 Å². The minimum absolute atomic E-state index is 0.0700. The number of thiazole rings is 1. The zero-order chi connectivity index (χ0) is 50.0. The van der Waals surface area contributed by atoms with Crippen LogP contribution in [0, 0.1) is 5.92 Å². The Morgan fingerprint density at radius 1 is 0.826 bits per heavy atom. The highest BCUT2D eigenvalue weighted by Crippen LogP contribution is 2.32. The molecule has 1 aliphatic carbocycles. The van der Waals surface area contributed by atoms with Crippen molar-refractivity contribution in [2.45, 2.75) is 90.4 Å². The predicted octanol–water partition coefficient (Wildman–Crippen LogP) is 9.84. The molecule has 5 rings (SSSR count). The van der Waals surface area contributed by atoms with Crippen LogP contribution in [0.25, 0.3) is 6.08 Å². The van der Waals surface area contributed by atoms with Crippen molar-refractivity contribution in [3.8, 4) is 17.2 Å². The molecule has 2 atom stereocenters. The highest BCUT2D eigenvalue weighted by Gasteiger charge is 2.33. The summed E-state index contributed by atoms with van der Waals surface area (Å²) < 4.78 is 39.3. The van der Waals surface area contributed by atoms with Gasteiger partial charge < -0.3 is 33.2 Å². The summed E-state index contributed by atoms with van der Waals surface area (Å²) in [5.74, 6) is -1.10. The Hall–Kier alpha value is -7.33. The van der Waals surface area contributed by atoms with E-state index in [-0.39, 0.29) is 24.5 Å². The van der Waals surface area contributed by atoms with Crippen LogP contribution in [0.2, 0.25) is 0 Å². The number of nitrogens with one attached hydrogen (secondary N) is 1. The molecule has 364 valence electrons. The third-order valence-corrected chi connectivity index (χ3v) is 11.3. The molecule has 3 aromatic carbocycles. The standard InChI is InChI=1S/C53H59N3O12S/c1-9-46(57)64-33-42(65-47(58)10-2)14-12-13-28-62-40-21-17-38(18-22-40)50(61)66-44-26-16-36(31-39(44)32-54-56-51-55-43-25-15-35(4)30-45(43)69-51)27-29-63-49(60)37-19-23-41(24-20-37)67-52(5,6)34-53(7,8)68-48(59)11-3/h9-11,15-26,31-32,35,42H,1-3,12-14,27-30,33-34H2,4-8H3,(H,55,56)/b54-32+. The van der Waals surface area contributed by atoms with Crippen molar-refractivity contribution in [3.05, 3.63) is 144 Å². The van der Waals surface area contributed by atoms with Crippen LogP contribution in [-0.4, -0.2) is 78.2 Å². The van der Waals surface area contributed by atoms with Crippen LogP contribution in [0.4, 0.5) is 5.13 Å². The number of benzene rings is 3. The first-order valence-corrected chi connectivity index (χ1v) is 23.2. The molecule has 0 aliphatic heterocycles. The fraction of sp³-hybridized carbons (Fsp3) is 0.340. The van der Waals surface area contributed by atoms with E-state index in [1.54, 1.807) is 80.7 Å². The van der Waals surface area contributed by atoms with Gasteiger partial charge >= 0.3 is 29.8 Å². The number of hydrogen-bond donors (Lipinski definition) is 1. The molecule has 0 fully saturated rings. The van der Waals surface area contributed by atoms with E-state index >= 15 is 0 Å². The molecular weight excluding hydrogens is 903 g/mol. The van der Waals surface area contributed by atoms with Gasteiger partial charge in [-0.3, -0.25) is 5.43 Å². The van der Waals surface area contributed by atoms with Gasteiger partial charge in [-0.15, -0.1) is 0 Å². The van der Waals surface area contributed by atoms with Crippen LogP contribution in [0.3, 0.4) is 0 Å². The minimum Gasteiger partial charge on any atom is -0.494 e. The monoisotopic (exact) mass is 961 g/mol. The van der Waals surface area contributed by atoms with Gasteiger partial charge in [0.1, 0.15) is 41.2 Å². The number of fused-ring (bicyclic) bond motifs is 1. The van der Waals surface area contributed by atoms with E-state index in [0.717, 1.165) is 35.9 Å². The molecule has 1 aliphatic rings. The Morgan fingerprint density at radius 3 is 2.20 bits per heavy atom. The van der Waals surface area contributed by atoms with Crippen LogP contribution in [-0.2, 0) is 46.2 Å². The second kappa shape index (κ2) is 25.2. The van der Waals surface area contributed by atoms with Crippen LogP contribution in [0.15, 0.2) is 116 Å². The lowest BCUT2D eigenvalue weighted by atomic mass is 9.92. The average Bonchev–Trinajstić information content (AvgIpc) is 3.72. The van der Waals surface area contributed by atoms with E-state index < -0.39 is 47.2 Å². The second-order valence-corrected chi connectivity index (χ2v) is 18.4. The Bertz CT molecular complexity index is 2520. The Balaban J connectivity index is 1.18. The van der Waals surface area contributed by atoms with Crippen molar-refractivity contribution in [1.82, 2.24) is 4.98 Å². The molecular formula is C53H59N3O12S. The number of carbonyl (C=O) groups excluding carboxylic acids is 5. The highest BCUT2D eigenvalue weighted by atomic mass is 32.1. The number of carbonyl (C=O) groups is 5. The van der Waals surface area contributed by atoms with Gasteiger partial charge in [0.2, 0.25) is 5.13 Å². The largest absolute Gasteiger partial charge is 0.494 e. The second-order valence-electron chi connectivity index (χ2n) is 17.3. The molecule has 1 aromatic heterocycles. The summed E-state index contributed by atoms with van der Waals surface area (Å²) in [6.45, 7) is 20.1. The van der Waals surface area contributed by atoms with E-state index in [0.29, 0.717) is 72.4 Å². The summed E-state index contributed by atoms with van der Waals surface area (Å²) >= 11 is 1.53. The zero-order valence-electron chi connectivity index (χ0n) is 39.7. The molecule has 16 heteroatoms. The first-order chi connectivity index (χ1) is 32.9. The first-order valence-electron chi connectivity index (χ1n) is 22.4. The van der Waals surface area contributed by atoms with Crippen LogP contribution >= 0.6 is 11.3 Å². The molecule has 0 amide bonds. The molecule has 0 saturated heterocycles. The summed E-state index contributed by atoms with van der Waals surface area (Å²) in [6.07, 6.45) is 11.6.